The van der Waals surface area contributed by atoms with E-state index in [9.17, 15) is 22.8 Å². The van der Waals surface area contributed by atoms with Gasteiger partial charge in [0.2, 0.25) is 0 Å². The van der Waals surface area contributed by atoms with Gasteiger partial charge < -0.3 is 14.7 Å². The second-order valence-electron chi connectivity index (χ2n) is 5.78. The first-order valence-corrected chi connectivity index (χ1v) is 8.02. The van der Waals surface area contributed by atoms with Gasteiger partial charge in [0.1, 0.15) is 5.75 Å². The largest absolute Gasteiger partial charge is 0.481 e. The van der Waals surface area contributed by atoms with Crippen molar-refractivity contribution in [3.63, 3.8) is 0 Å². The minimum atomic E-state index is -4.69. The summed E-state index contributed by atoms with van der Waals surface area (Å²) in [6.45, 7) is 0.452. The van der Waals surface area contributed by atoms with E-state index in [1.54, 1.807) is 31.2 Å². The minimum Gasteiger partial charge on any atom is -0.481 e. The van der Waals surface area contributed by atoms with Gasteiger partial charge in [-0.25, -0.2) is 0 Å². The first-order valence-electron chi connectivity index (χ1n) is 7.64. The molecule has 0 aliphatic carbocycles. The zero-order valence-corrected chi connectivity index (χ0v) is 14.0. The first-order chi connectivity index (χ1) is 11.6. The van der Waals surface area contributed by atoms with Gasteiger partial charge in [-0.05, 0) is 18.6 Å². The Bertz CT molecular complexity index is 653. The molecule has 0 radical (unpaired) electrons. The molecule has 9 heteroatoms. The van der Waals surface area contributed by atoms with E-state index in [0.717, 1.165) is 4.90 Å². The molecule has 2 rings (SSSR count). The van der Waals surface area contributed by atoms with Crippen LogP contribution in [-0.4, -0.2) is 47.3 Å². The van der Waals surface area contributed by atoms with Crippen LogP contribution in [0.15, 0.2) is 24.3 Å². The van der Waals surface area contributed by atoms with Crippen molar-refractivity contribution in [1.29, 1.82) is 0 Å². The fraction of sp³-hybridized carbons (Fsp3) is 0.500. The van der Waals surface area contributed by atoms with Crippen molar-refractivity contribution < 1.29 is 32.6 Å². The predicted octanol–water partition coefficient (Wildman–Crippen LogP) is 3.22. The smallest absolute Gasteiger partial charge is 0.394 e. The second kappa shape index (κ2) is 7.51. The number of hydrogen-bond acceptors (Lipinski definition) is 3. The highest BCUT2D eigenvalue weighted by atomic mass is 35.5. The first kappa shape index (κ1) is 19.4. The summed E-state index contributed by atoms with van der Waals surface area (Å²) in [6, 6.07) is 6.42. The molecule has 25 heavy (non-hydrogen) atoms. The average molecular weight is 380 g/mol. The Morgan fingerprint density at radius 1 is 1.36 bits per heavy atom. The Morgan fingerprint density at radius 3 is 2.48 bits per heavy atom. The molecule has 1 aliphatic rings. The molecule has 1 N–H and O–H groups in total. The zero-order chi connectivity index (χ0) is 18.8. The third-order valence-corrected chi connectivity index (χ3v) is 4.43. The molecule has 0 bridgehead atoms. The molecule has 1 aliphatic heterocycles. The molecule has 1 heterocycles. The van der Waals surface area contributed by atoms with Gasteiger partial charge in [-0.1, -0.05) is 30.7 Å². The molecule has 1 amide bonds. The van der Waals surface area contributed by atoms with E-state index < -0.39 is 49.1 Å². The summed E-state index contributed by atoms with van der Waals surface area (Å²) >= 11 is 5.96. The van der Waals surface area contributed by atoms with E-state index in [-0.39, 0.29) is 17.2 Å². The monoisotopic (exact) mass is 379 g/mol. The lowest BCUT2D eigenvalue weighted by atomic mass is 9.96. The molecule has 0 saturated carbocycles. The predicted molar refractivity (Wildman–Crippen MR) is 83.4 cm³/mol. The number of para-hydroxylation sites is 1. The van der Waals surface area contributed by atoms with E-state index >= 15 is 0 Å². The molecule has 5 nitrogen and oxygen atoms in total. The van der Waals surface area contributed by atoms with Gasteiger partial charge >= 0.3 is 12.1 Å². The molecular formula is C16H17ClF3NO4. The minimum absolute atomic E-state index is 0.203. The number of rotatable bonds is 5. The van der Waals surface area contributed by atoms with Gasteiger partial charge in [0.15, 0.2) is 6.10 Å². The standard InChI is InChI=1S/C16H17ClF3NO4/c1-2-12(25-13-6-4-3-5-11(13)17)14(22)21-7-9(15(23)24)10(8-21)16(18,19)20/h3-6,9-10,12H,2,7-8H2,1H3,(H,23,24)/t9-,10-,12?/m1/s1. The number of carbonyl (C=O) groups is 2. The lowest BCUT2D eigenvalue weighted by Gasteiger charge is -2.24. The maximum Gasteiger partial charge on any atom is 0.394 e. The Labute approximate surface area is 147 Å². The molecule has 1 fully saturated rings. The van der Waals surface area contributed by atoms with Crippen LogP contribution in [-0.2, 0) is 9.59 Å². The molecule has 1 unspecified atom stereocenters. The number of carbonyl (C=O) groups excluding carboxylic acids is 1. The maximum absolute atomic E-state index is 13.0. The third kappa shape index (κ3) is 4.36. The molecule has 1 saturated heterocycles. The number of amides is 1. The molecule has 1 aromatic carbocycles. The van der Waals surface area contributed by atoms with E-state index in [1.165, 1.54) is 0 Å². The van der Waals surface area contributed by atoms with Crippen LogP contribution in [0.1, 0.15) is 13.3 Å². The van der Waals surface area contributed by atoms with Gasteiger partial charge in [-0.15, -0.1) is 0 Å². The van der Waals surface area contributed by atoms with Crippen molar-refractivity contribution >= 4 is 23.5 Å². The number of carboxylic acids is 1. The maximum atomic E-state index is 13.0. The number of aliphatic carboxylic acids is 1. The summed E-state index contributed by atoms with van der Waals surface area (Å²) in [5.74, 6) is -5.78. The number of carboxylic acid groups (broad SMARTS) is 1. The summed E-state index contributed by atoms with van der Waals surface area (Å²) < 4.78 is 44.7. The van der Waals surface area contributed by atoms with Gasteiger partial charge in [-0.2, -0.15) is 13.2 Å². The van der Waals surface area contributed by atoms with Crippen LogP contribution >= 0.6 is 11.6 Å². The number of halogens is 4. The highest BCUT2D eigenvalue weighted by Crippen LogP contribution is 2.38. The average Bonchev–Trinajstić information content (AvgIpc) is 2.99. The summed E-state index contributed by atoms with van der Waals surface area (Å²) in [5.41, 5.74) is 0. The summed E-state index contributed by atoms with van der Waals surface area (Å²) in [4.78, 5) is 24.6. The van der Waals surface area contributed by atoms with Crippen molar-refractivity contribution in [3.8, 4) is 5.75 Å². The normalized spacial score (nSPS) is 21.9. The van der Waals surface area contributed by atoms with Crippen LogP contribution in [0.5, 0.6) is 5.75 Å². The van der Waals surface area contributed by atoms with E-state index in [1.807, 2.05) is 0 Å². The van der Waals surface area contributed by atoms with Gasteiger partial charge in [-0.3, -0.25) is 9.59 Å². The molecule has 0 spiro atoms. The fourth-order valence-electron chi connectivity index (χ4n) is 2.77. The molecule has 0 aromatic heterocycles. The van der Waals surface area contributed by atoms with Gasteiger partial charge in [0, 0.05) is 13.1 Å². The van der Waals surface area contributed by atoms with Crippen molar-refractivity contribution in [2.45, 2.75) is 25.6 Å². The fourth-order valence-corrected chi connectivity index (χ4v) is 2.95. The van der Waals surface area contributed by atoms with Gasteiger partial charge in [0.05, 0.1) is 16.9 Å². The topological polar surface area (TPSA) is 66.8 Å². The summed E-state index contributed by atoms with van der Waals surface area (Å²) in [6.07, 6.45) is -5.53. The molecule has 3 atom stereocenters. The summed E-state index contributed by atoms with van der Waals surface area (Å²) in [5, 5.41) is 9.30. The van der Waals surface area contributed by atoms with Crippen LogP contribution in [0.25, 0.3) is 0 Å². The van der Waals surface area contributed by atoms with Gasteiger partial charge in [0.25, 0.3) is 5.91 Å². The van der Waals surface area contributed by atoms with Crippen LogP contribution < -0.4 is 4.74 Å². The number of benzene rings is 1. The van der Waals surface area contributed by atoms with Crippen molar-refractivity contribution in [2.24, 2.45) is 11.8 Å². The second-order valence-corrected chi connectivity index (χ2v) is 6.19. The van der Waals surface area contributed by atoms with E-state index in [4.69, 9.17) is 21.4 Å². The molecule has 1 aromatic rings. The number of nitrogens with zero attached hydrogens (tertiary/aromatic N) is 1. The molecule has 138 valence electrons. The Kier molecular flexibility index (Phi) is 5.82. The van der Waals surface area contributed by atoms with Crippen LogP contribution in [0, 0.1) is 11.8 Å². The lowest BCUT2D eigenvalue weighted by Crippen LogP contribution is -2.41. The molecular weight excluding hydrogens is 363 g/mol. The van der Waals surface area contributed by atoms with Crippen molar-refractivity contribution in [3.05, 3.63) is 29.3 Å². The number of hydrogen-bond donors (Lipinski definition) is 1. The number of likely N-dealkylation sites (tertiary alicyclic amines) is 1. The van der Waals surface area contributed by atoms with E-state index in [2.05, 4.69) is 0 Å². The Hall–Kier alpha value is -1.96. The number of ether oxygens (including phenoxy) is 1. The van der Waals surface area contributed by atoms with Crippen molar-refractivity contribution in [1.82, 2.24) is 4.90 Å². The zero-order valence-electron chi connectivity index (χ0n) is 13.3. The third-order valence-electron chi connectivity index (χ3n) is 4.12. The Morgan fingerprint density at radius 2 is 2.00 bits per heavy atom. The highest BCUT2D eigenvalue weighted by Gasteiger charge is 2.54. The Balaban J connectivity index is 2.15. The quantitative estimate of drug-likeness (QED) is 0.853. The SMILES string of the molecule is CCC(Oc1ccccc1Cl)C(=O)N1C[C@@H](C(F)(F)F)[C@H](C(=O)O)C1. The van der Waals surface area contributed by atoms with Crippen molar-refractivity contribution in [2.75, 3.05) is 13.1 Å². The van der Waals surface area contributed by atoms with Crippen LogP contribution in [0.3, 0.4) is 0 Å². The summed E-state index contributed by atoms with van der Waals surface area (Å²) in [7, 11) is 0. The van der Waals surface area contributed by atoms with Crippen LogP contribution in [0.2, 0.25) is 5.02 Å². The lowest BCUT2D eigenvalue weighted by molar-refractivity contribution is -0.188. The van der Waals surface area contributed by atoms with E-state index in [0.29, 0.717) is 0 Å². The number of alkyl halides is 3. The highest BCUT2D eigenvalue weighted by molar-refractivity contribution is 6.32. The van der Waals surface area contributed by atoms with Crippen LogP contribution in [0.4, 0.5) is 13.2 Å².